The normalized spacial score (nSPS) is 17.8. The molecule has 0 spiro atoms. The van der Waals surface area contributed by atoms with Gasteiger partial charge in [-0.3, -0.25) is 9.69 Å². The minimum atomic E-state index is 0.0312. The summed E-state index contributed by atoms with van der Waals surface area (Å²) in [4.78, 5) is 20.9. The number of likely N-dealkylation sites (N-methyl/N-ethyl adjacent to an activating group) is 1. The van der Waals surface area contributed by atoms with Gasteiger partial charge in [0.1, 0.15) is 5.15 Å². The summed E-state index contributed by atoms with van der Waals surface area (Å²) in [6.45, 7) is 6.00. The molecular weight excluding hydrogens is 399 g/mol. The van der Waals surface area contributed by atoms with E-state index in [9.17, 15) is 4.79 Å². The molecule has 1 aliphatic rings. The molecule has 1 unspecified atom stereocenters. The van der Waals surface area contributed by atoms with Crippen molar-refractivity contribution in [3.8, 4) is 0 Å². The lowest BCUT2D eigenvalue weighted by atomic mass is 10.2. The van der Waals surface area contributed by atoms with E-state index in [1.54, 1.807) is 4.90 Å². The van der Waals surface area contributed by atoms with E-state index in [2.05, 4.69) is 20.5 Å². The lowest BCUT2D eigenvalue weighted by molar-refractivity contribution is -0.133. The first-order valence-electron chi connectivity index (χ1n) is 9.82. The molecule has 0 bridgehead atoms. The van der Waals surface area contributed by atoms with Crippen LogP contribution in [-0.2, 0) is 18.4 Å². The van der Waals surface area contributed by atoms with E-state index in [1.165, 1.54) is 0 Å². The van der Waals surface area contributed by atoms with Crippen molar-refractivity contribution in [2.24, 2.45) is 12.0 Å². The Bertz CT molecular complexity index is 688. The number of aliphatic imine (C=N–C) groups is 1. The number of carbonyl (C=O) groups is 1. The Hall–Kier alpha value is -1.44. The second-order valence-electron chi connectivity index (χ2n) is 7.24. The highest BCUT2D eigenvalue weighted by molar-refractivity contribution is 6.41. The number of nitrogens with one attached hydrogen (secondary N) is 2. The number of likely N-dealkylation sites (tertiary alicyclic amines) is 1. The highest BCUT2D eigenvalue weighted by Gasteiger charge is 2.30. The molecule has 9 heteroatoms. The van der Waals surface area contributed by atoms with Gasteiger partial charge in [0.25, 0.3) is 0 Å². The van der Waals surface area contributed by atoms with Crippen molar-refractivity contribution < 1.29 is 4.79 Å². The molecule has 0 radical (unpaired) electrons. The molecule has 7 nitrogen and oxygen atoms in total. The SMILES string of the molecule is CCNC(=NCc1cc(Cl)c(Cl)n1C)NCCCN1CCCC1C(=O)N(C)C. The third-order valence-corrected chi connectivity index (χ3v) is 5.81. The number of halogens is 2. The molecule has 1 saturated heterocycles. The third-order valence-electron chi connectivity index (χ3n) is 4.96. The number of carbonyl (C=O) groups excluding carboxylic acids is 1. The van der Waals surface area contributed by atoms with E-state index in [0.29, 0.717) is 16.7 Å². The zero-order valence-corrected chi connectivity index (χ0v) is 18.8. The van der Waals surface area contributed by atoms with E-state index in [0.717, 1.165) is 57.1 Å². The predicted molar refractivity (Wildman–Crippen MR) is 116 cm³/mol. The Morgan fingerprint density at radius 2 is 2.11 bits per heavy atom. The second kappa shape index (κ2) is 10.9. The number of amides is 1. The molecule has 0 saturated carbocycles. The first-order chi connectivity index (χ1) is 13.3. The monoisotopic (exact) mass is 430 g/mol. The van der Waals surface area contributed by atoms with Crippen LogP contribution in [0.5, 0.6) is 0 Å². The summed E-state index contributed by atoms with van der Waals surface area (Å²) in [5.41, 5.74) is 0.953. The molecule has 2 rings (SSSR count). The number of hydrogen-bond acceptors (Lipinski definition) is 3. The Morgan fingerprint density at radius 1 is 1.36 bits per heavy atom. The maximum Gasteiger partial charge on any atom is 0.239 e. The van der Waals surface area contributed by atoms with Crippen LogP contribution in [0.15, 0.2) is 11.1 Å². The number of hydrogen-bond donors (Lipinski definition) is 2. The first-order valence-corrected chi connectivity index (χ1v) is 10.6. The zero-order chi connectivity index (χ0) is 20.7. The standard InChI is InChI=1S/C19H32Cl2N6O/c1-5-22-19(24-13-14-12-15(20)17(21)26(14)4)23-9-7-11-27-10-6-8-16(27)18(28)25(2)3/h12,16H,5-11,13H2,1-4H3,(H2,22,23,24). The molecule has 28 heavy (non-hydrogen) atoms. The van der Waals surface area contributed by atoms with Gasteiger partial charge in [0.15, 0.2) is 5.96 Å². The van der Waals surface area contributed by atoms with Crippen LogP contribution in [-0.4, -0.2) is 72.5 Å². The van der Waals surface area contributed by atoms with Crippen molar-refractivity contribution in [2.75, 3.05) is 40.3 Å². The molecular formula is C19H32Cl2N6O. The fourth-order valence-corrected chi connectivity index (χ4v) is 3.82. The Morgan fingerprint density at radius 3 is 2.71 bits per heavy atom. The zero-order valence-electron chi connectivity index (χ0n) is 17.3. The summed E-state index contributed by atoms with van der Waals surface area (Å²) < 4.78 is 1.84. The smallest absolute Gasteiger partial charge is 0.239 e. The number of aromatic nitrogens is 1. The van der Waals surface area contributed by atoms with E-state index in [1.807, 2.05) is 38.7 Å². The molecule has 1 aromatic rings. The molecule has 1 atom stereocenters. The summed E-state index contributed by atoms with van der Waals surface area (Å²) in [5.74, 6) is 0.971. The maximum absolute atomic E-state index is 12.3. The molecule has 2 heterocycles. The summed E-state index contributed by atoms with van der Waals surface area (Å²) in [5, 5.41) is 7.68. The minimum Gasteiger partial charge on any atom is -0.357 e. The van der Waals surface area contributed by atoms with Crippen molar-refractivity contribution in [1.29, 1.82) is 0 Å². The third kappa shape index (κ3) is 6.03. The van der Waals surface area contributed by atoms with Crippen LogP contribution >= 0.6 is 23.2 Å². The average Bonchev–Trinajstić information content (AvgIpc) is 3.22. The van der Waals surface area contributed by atoms with Gasteiger partial charge in [0.2, 0.25) is 5.91 Å². The predicted octanol–water partition coefficient (Wildman–Crippen LogP) is 2.33. The maximum atomic E-state index is 12.3. The van der Waals surface area contributed by atoms with Crippen molar-refractivity contribution in [3.63, 3.8) is 0 Å². The molecule has 1 aliphatic heterocycles. The largest absolute Gasteiger partial charge is 0.357 e. The summed E-state index contributed by atoms with van der Waals surface area (Å²) in [6.07, 6.45) is 2.99. The Labute approximate surface area is 178 Å². The van der Waals surface area contributed by atoms with Crippen LogP contribution in [0.25, 0.3) is 0 Å². The van der Waals surface area contributed by atoms with Crippen LogP contribution in [0.3, 0.4) is 0 Å². The second-order valence-corrected chi connectivity index (χ2v) is 8.00. The molecule has 1 amide bonds. The van der Waals surface area contributed by atoms with Crippen LogP contribution in [0.4, 0.5) is 0 Å². The highest BCUT2D eigenvalue weighted by Crippen LogP contribution is 2.25. The van der Waals surface area contributed by atoms with Crippen LogP contribution in [0, 0.1) is 0 Å². The van der Waals surface area contributed by atoms with E-state index in [4.69, 9.17) is 23.2 Å². The van der Waals surface area contributed by atoms with Crippen molar-refractivity contribution in [1.82, 2.24) is 25.0 Å². The first kappa shape index (κ1) is 22.8. The van der Waals surface area contributed by atoms with Gasteiger partial charge in [0.05, 0.1) is 17.6 Å². The number of nitrogens with zero attached hydrogens (tertiary/aromatic N) is 4. The van der Waals surface area contributed by atoms with Gasteiger partial charge in [-0.2, -0.15) is 0 Å². The Kier molecular flexibility index (Phi) is 8.92. The Balaban J connectivity index is 1.82. The van der Waals surface area contributed by atoms with E-state index < -0.39 is 0 Å². The lowest BCUT2D eigenvalue weighted by Crippen LogP contribution is -2.44. The lowest BCUT2D eigenvalue weighted by Gasteiger charge is -2.26. The fraction of sp³-hybridized carbons (Fsp3) is 0.684. The van der Waals surface area contributed by atoms with E-state index >= 15 is 0 Å². The number of rotatable bonds is 8. The topological polar surface area (TPSA) is 64.9 Å². The van der Waals surface area contributed by atoms with Gasteiger partial charge in [-0.05, 0) is 38.8 Å². The van der Waals surface area contributed by atoms with Crippen molar-refractivity contribution in [3.05, 3.63) is 21.9 Å². The summed E-state index contributed by atoms with van der Waals surface area (Å²) >= 11 is 12.2. The van der Waals surface area contributed by atoms with Gasteiger partial charge < -0.3 is 20.1 Å². The summed E-state index contributed by atoms with van der Waals surface area (Å²) in [6, 6.07) is 1.87. The molecule has 2 N–H and O–H groups in total. The molecule has 158 valence electrons. The molecule has 1 fully saturated rings. The van der Waals surface area contributed by atoms with Gasteiger partial charge in [-0.25, -0.2) is 4.99 Å². The summed E-state index contributed by atoms with van der Waals surface area (Å²) in [7, 11) is 5.53. The van der Waals surface area contributed by atoms with Crippen LogP contribution in [0.2, 0.25) is 10.2 Å². The van der Waals surface area contributed by atoms with E-state index in [-0.39, 0.29) is 11.9 Å². The van der Waals surface area contributed by atoms with Crippen LogP contribution in [0.1, 0.15) is 31.9 Å². The van der Waals surface area contributed by atoms with Gasteiger partial charge in [-0.1, -0.05) is 23.2 Å². The quantitative estimate of drug-likeness (QED) is 0.377. The molecule has 0 aromatic carbocycles. The van der Waals surface area contributed by atoms with Crippen molar-refractivity contribution in [2.45, 2.75) is 38.8 Å². The highest BCUT2D eigenvalue weighted by atomic mass is 35.5. The van der Waals surface area contributed by atoms with Gasteiger partial charge in [0, 0.05) is 46.5 Å². The van der Waals surface area contributed by atoms with Gasteiger partial charge >= 0.3 is 0 Å². The molecule has 0 aliphatic carbocycles. The van der Waals surface area contributed by atoms with Crippen molar-refractivity contribution >= 4 is 35.1 Å². The van der Waals surface area contributed by atoms with Gasteiger partial charge in [-0.15, -0.1) is 0 Å². The minimum absolute atomic E-state index is 0.0312. The molecule has 1 aromatic heterocycles. The average molecular weight is 431 g/mol. The fourth-order valence-electron chi connectivity index (χ4n) is 3.40. The van der Waals surface area contributed by atoms with Crippen LogP contribution < -0.4 is 10.6 Å². The number of guanidine groups is 1.